The van der Waals surface area contributed by atoms with Crippen molar-refractivity contribution in [3.8, 4) is 11.5 Å². The minimum absolute atomic E-state index is 0.0627. The summed E-state index contributed by atoms with van der Waals surface area (Å²) < 4.78 is 85.1. The molecule has 0 aliphatic carbocycles. The predicted molar refractivity (Wildman–Crippen MR) is 135 cm³/mol. The molecule has 2 atom stereocenters. The van der Waals surface area contributed by atoms with Crippen LogP contribution in [0.3, 0.4) is 0 Å². The van der Waals surface area contributed by atoms with Crippen molar-refractivity contribution >= 4 is 43.2 Å². The second-order valence-electron chi connectivity index (χ2n) is 9.47. The molecule has 0 saturated heterocycles. The van der Waals surface area contributed by atoms with Crippen LogP contribution in [0.5, 0.6) is 0 Å². The Morgan fingerprint density at radius 3 is 2.58 bits per heavy atom. The van der Waals surface area contributed by atoms with Crippen molar-refractivity contribution in [2.75, 3.05) is 5.32 Å². The monoisotopic (exact) mass is 574 g/mol. The summed E-state index contributed by atoms with van der Waals surface area (Å²) in [6.07, 6.45) is -6.27. The van der Waals surface area contributed by atoms with E-state index in [1.807, 2.05) is 0 Å². The van der Waals surface area contributed by atoms with Crippen molar-refractivity contribution in [3.05, 3.63) is 65.4 Å². The van der Waals surface area contributed by atoms with E-state index in [0.29, 0.717) is 37.2 Å². The number of halogens is 6. The molecular formula is C25H16F6N8S. The first-order valence-electron chi connectivity index (χ1n) is 12.0. The number of alkyl halides is 5. The molecule has 8 nitrogen and oxygen atoms in total. The Balaban J connectivity index is 1.33. The lowest BCUT2D eigenvalue weighted by Gasteiger charge is -2.33. The van der Waals surface area contributed by atoms with Crippen molar-refractivity contribution in [1.82, 2.24) is 34.3 Å². The number of hydrogen-bond acceptors (Lipinski definition) is 7. The summed E-state index contributed by atoms with van der Waals surface area (Å²) in [4.78, 5) is 13.4. The number of aromatic nitrogens is 7. The molecule has 0 bridgehead atoms. The van der Waals surface area contributed by atoms with Gasteiger partial charge in [0, 0.05) is 17.9 Å². The minimum atomic E-state index is -4.60. The van der Waals surface area contributed by atoms with E-state index in [1.165, 1.54) is 47.2 Å². The zero-order valence-electron chi connectivity index (χ0n) is 20.3. The van der Waals surface area contributed by atoms with E-state index in [4.69, 9.17) is 0 Å². The highest BCUT2D eigenvalue weighted by Crippen LogP contribution is 2.44. The summed E-state index contributed by atoms with van der Waals surface area (Å²) in [5.74, 6) is -0.311. The third-order valence-corrected chi connectivity index (χ3v) is 7.97. The Hall–Kier alpha value is -4.27. The standard InChI is InChI=1S/C25H16F6N8S/c1-10-6-14(21(27)28)34-24-18(10)19-20(40-24)23-35-22(37-38(23)9-32-19)15-8-17-33-13(11-2-4-12(26)5-3-11)7-16(25(29,30)31)39(17)36-15/h2-6,8-9,13,16,21,33H,7H2,1H3/t13-,16+/m1/s1. The van der Waals surface area contributed by atoms with Gasteiger partial charge in [0.1, 0.15) is 38.9 Å². The molecule has 1 aromatic carbocycles. The van der Waals surface area contributed by atoms with E-state index in [0.717, 1.165) is 16.0 Å². The second-order valence-corrected chi connectivity index (χ2v) is 10.5. The topological polar surface area (TPSA) is 85.8 Å². The van der Waals surface area contributed by atoms with Gasteiger partial charge in [0.2, 0.25) is 5.82 Å². The van der Waals surface area contributed by atoms with Crippen molar-refractivity contribution in [1.29, 1.82) is 0 Å². The van der Waals surface area contributed by atoms with E-state index < -0.39 is 30.5 Å². The molecule has 6 aromatic rings. The zero-order valence-corrected chi connectivity index (χ0v) is 21.1. The molecular weight excluding hydrogens is 558 g/mol. The van der Waals surface area contributed by atoms with Crippen LogP contribution >= 0.6 is 11.3 Å². The molecule has 0 unspecified atom stereocenters. The summed E-state index contributed by atoms with van der Waals surface area (Å²) >= 11 is 1.13. The molecule has 1 aliphatic rings. The molecule has 0 amide bonds. The number of hydrogen-bond donors (Lipinski definition) is 1. The summed E-state index contributed by atoms with van der Waals surface area (Å²) in [5.41, 5.74) is 1.71. The van der Waals surface area contributed by atoms with E-state index in [1.54, 1.807) is 6.92 Å². The SMILES string of the molecule is Cc1cc(C(F)F)nc2sc3c(ncn4nc(-c5cc6n(n5)[C@H](C(F)(F)F)C[C@H](c5ccc(F)cc5)N6)nc34)c12. The molecule has 7 rings (SSSR count). The summed E-state index contributed by atoms with van der Waals surface area (Å²) in [7, 11) is 0. The van der Waals surface area contributed by atoms with Crippen molar-refractivity contribution in [2.45, 2.75) is 38.0 Å². The number of pyridine rings is 1. The first kappa shape index (κ1) is 24.7. The molecule has 1 aliphatic heterocycles. The molecule has 40 heavy (non-hydrogen) atoms. The molecule has 0 fully saturated rings. The van der Waals surface area contributed by atoms with Crippen LogP contribution in [-0.4, -0.2) is 40.5 Å². The number of benzene rings is 1. The van der Waals surface area contributed by atoms with E-state index >= 15 is 0 Å². The number of fused-ring (bicyclic) bond motifs is 6. The van der Waals surface area contributed by atoms with Crippen LogP contribution < -0.4 is 5.32 Å². The Kier molecular flexibility index (Phi) is 5.33. The lowest BCUT2D eigenvalue weighted by molar-refractivity contribution is -0.173. The molecule has 15 heteroatoms. The van der Waals surface area contributed by atoms with Gasteiger partial charge in [0.25, 0.3) is 6.43 Å². The molecule has 6 heterocycles. The van der Waals surface area contributed by atoms with E-state index in [9.17, 15) is 26.3 Å². The maximum absolute atomic E-state index is 14.1. The van der Waals surface area contributed by atoms with Gasteiger partial charge >= 0.3 is 6.18 Å². The maximum Gasteiger partial charge on any atom is 0.410 e. The summed E-state index contributed by atoms with van der Waals surface area (Å²) in [6.45, 7) is 1.70. The number of aryl methyl sites for hydroxylation is 1. The zero-order chi connectivity index (χ0) is 27.9. The average molecular weight is 575 g/mol. The highest BCUT2D eigenvalue weighted by Gasteiger charge is 2.46. The van der Waals surface area contributed by atoms with Gasteiger partial charge in [-0.05, 0) is 36.2 Å². The van der Waals surface area contributed by atoms with Gasteiger partial charge in [-0.3, -0.25) is 0 Å². The fourth-order valence-electron chi connectivity index (χ4n) is 5.05. The number of anilines is 1. The van der Waals surface area contributed by atoms with Gasteiger partial charge in [-0.25, -0.2) is 37.3 Å². The minimum Gasteiger partial charge on any atom is -0.363 e. The summed E-state index contributed by atoms with van der Waals surface area (Å²) in [6, 6.07) is 5.38. The van der Waals surface area contributed by atoms with Crippen molar-refractivity contribution in [3.63, 3.8) is 0 Å². The second kappa shape index (κ2) is 8.61. The van der Waals surface area contributed by atoms with Gasteiger partial charge < -0.3 is 5.32 Å². The van der Waals surface area contributed by atoms with Crippen LogP contribution in [0.15, 0.2) is 42.7 Å². The Morgan fingerprint density at radius 1 is 1.07 bits per heavy atom. The van der Waals surface area contributed by atoms with Crippen LogP contribution in [0, 0.1) is 12.7 Å². The van der Waals surface area contributed by atoms with Crippen molar-refractivity contribution in [2.24, 2.45) is 0 Å². The number of rotatable bonds is 3. The Bertz CT molecular complexity index is 1920. The Labute approximate surface area is 224 Å². The lowest BCUT2D eigenvalue weighted by Crippen LogP contribution is -2.35. The predicted octanol–water partition coefficient (Wildman–Crippen LogP) is 6.80. The third kappa shape index (κ3) is 3.86. The van der Waals surface area contributed by atoms with Gasteiger partial charge in [-0.1, -0.05) is 12.1 Å². The molecule has 5 aromatic heterocycles. The third-order valence-electron chi connectivity index (χ3n) is 6.90. The Morgan fingerprint density at radius 2 is 1.85 bits per heavy atom. The van der Waals surface area contributed by atoms with Gasteiger partial charge in [0.05, 0.1) is 11.6 Å². The molecule has 1 N–H and O–H groups in total. The van der Waals surface area contributed by atoms with Crippen LogP contribution in [0.2, 0.25) is 0 Å². The summed E-state index contributed by atoms with van der Waals surface area (Å²) in [5, 5.41) is 12.3. The molecule has 0 radical (unpaired) electrons. The first-order valence-corrected chi connectivity index (χ1v) is 12.8. The number of nitrogens with zero attached hydrogens (tertiary/aromatic N) is 7. The van der Waals surface area contributed by atoms with Crippen LogP contribution in [0.4, 0.5) is 32.2 Å². The molecule has 204 valence electrons. The highest BCUT2D eigenvalue weighted by atomic mass is 32.1. The normalized spacial score (nSPS) is 17.7. The van der Waals surface area contributed by atoms with E-state index in [-0.39, 0.29) is 29.5 Å². The fraction of sp³-hybridized carbons (Fsp3) is 0.240. The van der Waals surface area contributed by atoms with Crippen molar-refractivity contribution < 1.29 is 26.3 Å². The van der Waals surface area contributed by atoms with Crippen LogP contribution in [-0.2, 0) is 0 Å². The number of thiophene rings is 1. The van der Waals surface area contributed by atoms with Gasteiger partial charge in [0.15, 0.2) is 11.7 Å². The highest BCUT2D eigenvalue weighted by molar-refractivity contribution is 7.26. The first-order chi connectivity index (χ1) is 19.1. The van der Waals surface area contributed by atoms with E-state index in [2.05, 4.69) is 30.5 Å². The largest absolute Gasteiger partial charge is 0.410 e. The average Bonchev–Trinajstić information content (AvgIpc) is 3.61. The molecule has 0 saturated carbocycles. The number of nitrogens with one attached hydrogen (secondary N) is 1. The van der Waals surface area contributed by atoms with Crippen LogP contribution in [0.25, 0.3) is 37.6 Å². The van der Waals surface area contributed by atoms with Crippen LogP contribution in [0.1, 0.15) is 41.8 Å². The quantitative estimate of drug-likeness (QED) is 0.234. The lowest BCUT2D eigenvalue weighted by atomic mass is 9.97. The fourth-order valence-corrected chi connectivity index (χ4v) is 6.24. The van der Waals surface area contributed by atoms with Gasteiger partial charge in [-0.15, -0.1) is 16.4 Å². The maximum atomic E-state index is 14.1. The smallest absolute Gasteiger partial charge is 0.363 e. The van der Waals surface area contributed by atoms with Gasteiger partial charge in [-0.2, -0.15) is 18.3 Å². The molecule has 0 spiro atoms.